The smallest absolute Gasteiger partial charge is 0.444 e. The van der Waals surface area contributed by atoms with Crippen LogP contribution in [0.5, 0.6) is 5.75 Å². The van der Waals surface area contributed by atoms with E-state index in [0.717, 1.165) is 23.2 Å². The molecular formula is C24H28F5N5O4. The van der Waals surface area contributed by atoms with Crippen molar-refractivity contribution in [3.05, 3.63) is 41.7 Å². The molecule has 2 aromatic heterocycles. The van der Waals surface area contributed by atoms with E-state index in [1.165, 1.54) is 12.1 Å². The molecule has 0 aromatic carbocycles. The molecule has 38 heavy (non-hydrogen) atoms. The number of aryl methyl sites for hydroxylation is 1. The lowest BCUT2D eigenvalue weighted by Crippen LogP contribution is -2.52. The molecule has 0 radical (unpaired) electrons. The van der Waals surface area contributed by atoms with E-state index in [4.69, 9.17) is 10.5 Å². The average molecular weight is 546 g/mol. The number of alkyl halides is 5. The average Bonchev–Trinajstić information content (AvgIpc) is 2.77. The number of carbonyl (C=O) groups excluding carboxylic acids is 2. The predicted molar refractivity (Wildman–Crippen MR) is 126 cm³/mol. The normalized spacial score (nSPS) is 17.6. The maximum Gasteiger partial charge on any atom is 0.573 e. The summed E-state index contributed by atoms with van der Waals surface area (Å²) < 4.78 is 75.2. The van der Waals surface area contributed by atoms with Crippen molar-refractivity contribution in [2.75, 3.05) is 11.9 Å². The number of anilines is 2. The van der Waals surface area contributed by atoms with Crippen LogP contribution < -0.4 is 15.8 Å². The quantitative estimate of drug-likeness (QED) is 0.431. The largest absolute Gasteiger partial charge is 0.573 e. The molecule has 208 valence electrons. The van der Waals surface area contributed by atoms with Gasteiger partial charge in [0.1, 0.15) is 28.7 Å². The first-order chi connectivity index (χ1) is 17.5. The Morgan fingerprint density at radius 1 is 1.21 bits per heavy atom. The van der Waals surface area contributed by atoms with Crippen LogP contribution in [-0.4, -0.2) is 57.3 Å². The molecule has 1 aliphatic heterocycles. The number of halogens is 5. The molecular weight excluding hydrogens is 517 g/mol. The van der Waals surface area contributed by atoms with E-state index in [-0.39, 0.29) is 36.6 Å². The van der Waals surface area contributed by atoms with Gasteiger partial charge in [-0.15, -0.1) is 13.2 Å². The Balaban J connectivity index is 1.82. The van der Waals surface area contributed by atoms with Gasteiger partial charge in [-0.2, -0.15) is 0 Å². The van der Waals surface area contributed by atoms with Gasteiger partial charge in [0.2, 0.25) is 0 Å². The van der Waals surface area contributed by atoms with Gasteiger partial charge in [0.05, 0.1) is 6.54 Å². The molecule has 3 N–H and O–H groups in total. The minimum absolute atomic E-state index is 0.0261. The van der Waals surface area contributed by atoms with Gasteiger partial charge in [-0.05, 0) is 57.7 Å². The number of likely N-dealkylation sites (tertiary alicyclic amines) is 1. The molecule has 0 aliphatic carbocycles. The molecule has 0 bridgehead atoms. The maximum absolute atomic E-state index is 14.4. The summed E-state index contributed by atoms with van der Waals surface area (Å²) in [5.74, 6) is -4.32. The fourth-order valence-corrected chi connectivity index (χ4v) is 4.13. The number of nitrogens with zero attached hydrogens (tertiary/aromatic N) is 3. The number of hydrogen-bond donors (Lipinski definition) is 2. The highest BCUT2D eigenvalue weighted by Crippen LogP contribution is 2.35. The van der Waals surface area contributed by atoms with Crippen molar-refractivity contribution in [2.24, 2.45) is 5.73 Å². The Morgan fingerprint density at radius 2 is 1.92 bits per heavy atom. The van der Waals surface area contributed by atoms with E-state index in [0.29, 0.717) is 5.56 Å². The zero-order valence-corrected chi connectivity index (χ0v) is 20.9. The van der Waals surface area contributed by atoms with Crippen LogP contribution in [0, 0.1) is 6.92 Å². The molecule has 2 aromatic rings. The van der Waals surface area contributed by atoms with Gasteiger partial charge in [-0.3, -0.25) is 4.79 Å². The molecule has 1 saturated heterocycles. The second kappa shape index (κ2) is 11.0. The van der Waals surface area contributed by atoms with Crippen LogP contribution in [0.4, 0.5) is 38.4 Å². The molecule has 0 unspecified atom stereocenters. The molecule has 0 saturated carbocycles. The van der Waals surface area contributed by atoms with Crippen LogP contribution in [-0.2, 0) is 4.74 Å². The highest BCUT2D eigenvalue weighted by atomic mass is 19.4. The number of piperidine rings is 1. The van der Waals surface area contributed by atoms with Crippen molar-refractivity contribution < 1.29 is 41.0 Å². The number of nitrogens with one attached hydrogen (secondary N) is 1. The molecule has 0 spiro atoms. The SMILES string of the molecule is Cc1ccc(Nc2cc(OC(F)(F)F)ccn2)nc1C(=O)N1CC(F)(F)CC[C@H]1CCC(C)(C)OC(N)=O. The predicted octanol–water partition coefficient (Wildman–Crippen LogP) is 5.32. The van der Waals surface area contributed by atoms with E-state index in [1.54, 1.807) is 20.8 Å². The summed E-state index contributed by atoms with van der Waals surface area (Å²) in [7, 11) is 0. The lowest BCUT2D eigenvalue weighted by Gasteiger charge is -2.40. The van der Waals surface area contributed by atoms with E-state index in [2.05, 4.69) is 20.0 Å². The van der Waals surface area contributed by atoms with Crippen LogP contribution >= 0.6 is 0 Å². The van der Waals surface area contributed by atoms with Crippen LogP contribution in [0.2, 0.25) is 0 Å². The van der Waals surface area contributed by atoms with Crippen molar-refractivity contribution in [3.8, 4) is 5.75 Å². The van der Waals surface area contributed by atoms with Crippen molar-refractivity contribution in [1.29, 1.82) is 0 Å². The van der Waals surface area contributed by atoms with E-state index < -0.39 is 54.6 Å². The Kier molecular flexibility index (Phi) is 8.32. The summed E-state index contributed by atoms with van der Waals surface area (Å²) in [6, 6.07) is 4.43. The van der Waals surface area contributed by atoms with Gasteiger partial charge in [0.25, 0.3) is 11.8 Å². The van der Waals surface area contributed by atoms with Gasteiger partial charge in [-0.1, -0.05) is 6.07 Å². The first kappa shape index (κ1) is 28.9. The molecule has 3 rings (SSSR count). The summed E-state index contributed by atoms with van der Waals surface area (Å²) in [5, 5.41) is 2.70. The summed E-state index contributed by atoms with van der Waals surface area (Å²) in [4.78, 5) is 33.8. The summed E-state index contributed by atoms with van der Waals surface area (Å²) in [5.41, 5.74) is 4.44. The first-order valence-electron chi connectivity index (χ1n) is 11.7. The second-order valence-corrected chi connectivity index (χ2v) is 9.61. The fourth-order valence-electron chi connectivity index (χ4n) is 4.13. The molecule has 2 amide bonds. The number of carbonyl (C=O) groups is 2. The van der Waals surface area contributed by atoms with E-state index in [1.807, 2.05) is 0 Å². The topological polar surface area (TPSA) is 120 Å². The molecule has 1 aliphatic rings. The summed E-state index contributed by atoms with van der Waals surface area (Å²) in [6.07, 6.45) is -4.61. The molecule has 1 fully saturated rings. The number of nitrogens with two attached hydrogens (primary N) is 1. The van der Waals surface area contributed by atoms with Crippen LogP contribution in [0.15, 0.2) is 30.5 Å². The first-order valence-corrected chi connectivity index (χ1v) is 11.7. The number of pyridine rings is 2. The molecule has 9 nitrogen and oxygen atoms in total. The number of hydrogen-bond acceptors (Lipinski definition) is 7. The molecule has 14 heteroatoms. The fraction of sp³-hybridized carbons (Fsp3) is 0.500. The van der Waals surface area contributed by atoms with Crippen LogP contribution in [0.3, 0.4) is 0 Å². The Morgan fingerprint density at radius 3 is 2.58 bits per heavy atom. The standard InChI is InChI=1S/C24H28F5N5O4/c1-14-4-5-17(32-18-12-16(8-11-31-18)37-24(27,28)29)33-19(14)20(35)34-13-23(25,26)10-7-15(34)6-9-22(2,3)38-21(30)36/h4-5,8,11-12,15H,6-7,9-10,13H2,1-3H3,(H2,30,36)(H,31,32,33)/t15-/m1/s1. The van der Waals surface area contributed by atoms with E-state index >= 15 is 0 Å². The summed E-state index contributed by atoms with van der Waals surface area (Å²) in [6.45, 7) is 4.03. The third kappa shape index (κ3) is 8.15. The van der Waals surface area contributed by atoms with Crippen molar-refractivity contribution in [1.82, 2.24) is 14.9 Å². The van der Waals surface area contributed by atoms with Gasteiger partial charge >= 0.3 is 12.5 Å². The van der Waals surface area contributed by atoms with Crippen LogP contribution in [0.1, 0.15) is 55.6 Å². The molecule has 1 atom stereocenters. The lowest BCUT2D eigenvalue weighted by molar-refractivity contribution is -0.274. The number of rotatable bonds is 8. The van der Waals surface area contributed by atoms with Gasteiger partial charge < -0.3 is 25.4 Å². The van der Waals surface area contributed by atoms with Crippen molar-refractivity contribution in [3.63, 3.8) is 0 Å². The van der Waals surface area contributed by atoms with E-state index in [9.17, 15) is 31.5 Å². The Hall–Kier alpha value is -3.71. The number of ether oxygens (including phenoxy) is 2. The van der Waals surface area contributed by atoms with Gasteiger partial charge in [0, 0.05) is 24.7 Å². The lowest BCUT2D eigenvalue weighted by atomic mass is 9.91. The summed E-state index contributed by atoms with van der Waals surface area (Å²) >= 11 is 0. The van der Waals surface area contributed by atoms with Gasteiger partial charge in [-0.25, -0.2) is 23.5 Å². The minimum atomic E-state index is -4.89. The third-order valence-corrected chi connectivity index (χ3v) is 5.92. The Labute approximate surface area is 215 Å². The number of aromatic nitrogens is 2. The van der Waals surface area contributed by atoms with Gasteiger partial charge in [0.15, 0.2) is 0 Å². The van der Waals surface area contributed by atoms with Crippen molar-refractivity contribution >= 4 is 23.6 Å². The maximum atomic E-state index is 14.4. The van der Waals surface area contributed by atoms with Crippen LogP contribution in [0.25, 0.3) is 0 Å². The zero-order valence-electron chi connectivity index (χ0n) is 20.9. The molecule has 3 heterocycles. The second-order valence-electron chi connectivity index (χ2n) is 9.61. The number of amides is 2. The number of primary amides is 1. The highest BCUT2D eigenvalue weighted by molar-refractivity contribution is 5.94. The highest BCUT2D eigenvalue weighted by Gasteiger charge is 2.43. The Bertz CT molecular complexity index is 1180. The monoisotopic (exact) mass is 545 g/mol. The van der Waals surface area contributed by atoms with Crippen molar-refractivity contribution in [2.45, 2.75) is 70.4 Å². The third-order valence-electron chi connectivity index (χ3n) is 5.92. The minimum Gasteiger partial charge on any atom is -0.444 e. The zero-order chi connectivity index (χ0) is 28.3.